The van der Waals surface area contributed by atoms with Crippen molar-refractivity contribution >= 4 is 11.6 Å². The highest BCUT2D eigenvalue weighted by Gasteiger charge is 2.12. The quantitative estimate of drug-likeness (QED) is 0.887. The Hall–Kier alpha value is -2.43. The average Bonchev–Trinajstić information content (AvgIpc) is 2.48. The van der Waals surface area contributed by atoms with Crippen LogP contribution in [-0.2, 0) is 4.79 Å². The fourth-order valence-electron chi connectivity index (χ4n) is 2.25. The van der Waals surface area contributed by atoms with Gasteiger partial charge in [0, 0.05) is 0 Å². The van der Waals surface area contributed by atoms with Gasteiger partial charge in [0.25, 0.3) is 0 Å². The SMILES string of the molecule is Cc1ccccc1[C@H](C)NC(=O)CNc1cc(F)ccc1F. The van der Waals surface area contributed by atoms with Gasteiger partial charge in [0.05, 0.1) is 18.3 Å². The molecule has 0 radical (unpaired) electrons. The highest BCUT2D eigenvalue weighted by Crippen LogP contribution is 2.17. The summed E-state index contributed by atoms with van der Waals surface area (Å²) in [5, 5.41) is 5.42. The first kappa shape index (κ1) is 15.9. The molecule has 1 atom stereocenters. The summed E-state index contributed by atoms with van der Waals surface area (Å²) >= 11 is 0. The molecule has 2 aromatic rings. The molecule has 0 fully saturated rings. The van der Waals surface area contributed by atoms with Gasteiger partial charge in [-0.15, -0.1) is 0 Å². The maximum Gasteiger partial charge on any atom is 0.239 e. The molecule has 2 N–H and O–H groups in total. The second-order valence-corrected chi connectivity index (χ2v) is 5.12. The minimum absolute atomic E-state index is 0.0290. The number of carbonyl (C=O) groups is 1. The van der Waals surface area contributed by atoms with Crippen molar-refractivity contribution in [2.45, 2.75) is 19.9 Å². The van der Waals surface area contributed by atoms with Crippen molar-refractivity contribution in [1.29, 1.82) is 0 Å². The van der Waals surface area contributed by atoms with Gasteiger partial charge in [-0.05, 0) is 43.2 Å². The Morgan fingerprint density at radius 3 is 2.64 bits per heavy atom. The Morgan fingerprint density at radius 2 is 1.91 bits per heavy atom. The lowest BCUT2D eigenvalue weighted by Crippen LogP contribution is -2.32. The van der Waals surface area contributed by atoms with E-state index in [1.807, 2.05) is 38.1 Å². The third kappa shape index (κ3) is 4.04. The maximum absolute atomic E-state index is 13.4. The molecule has 0 aromatic heterocycles. The monoisotopic (exact) mass is 304 g/mol. The van der Waals surface area contributed by atoms with E-state index in [1.165, 1.54) is 0 Å². The summed E-state index contributed by atoms with van der Waals surface area (Å²) in [4.78, 5) is 11.9. The van der Waals surface area contributed by atoms with E-state index in [4.69, 9.17) is 0 Å². The van der Waals surface area contributed by atoms with E-state index >= 15 is 0 Å². The molecule has 0 aliphatic carbocycles. The number of amides is 1. The molecule has 3 nitrogen and oxygen atoms in total. The Labute approximate surface area is 128 Å². The summed E-state index contributed by atoms with van der Waals surface area (Å²) < 4.78 is 26.5. The van der Waals surface area contributed by atoms with E-state index < -0.39 is 11.6 Å². The van der Waals surface area contributed by atoms with Gasteiger partial charge in [0.2, 0.25) is 5.91 Å². The number of carbonyl (C=O) groups excluding carboxylic acids is 1. The zero-order chi connectivity index (χ0) is 16.1. The Kier molecular flexibility index (Phi) is 5.09. The molecule has 22 heavy (non-hydrogen) atoms. The second kappa shape index (κ2) is 7.02. The van der Waals surface area contributed by atoms with Crippen LogP contribution in [0.3, 0.4) is 0 Å². The molecule has 0 saturated carbocycles. The second-order valence-electron chi connectivity index (χ2n) is 5.12. The topological polar surface area (TPSA) is 41.1 Å². The Bertz CT molecular complexity index is 673. The van der Waals surface area contributed by atoms with Crippen molar-refractivity contribution in [3.05, 3.63) is 65.2 Å². The van der Waals surface area contributed by atoms with Crippen molar-refractivity contribution in [3.63, 3.8) is 0 Å². The number of aryl methyl sites for hydroxylation is 1. The summed E-state index contributed by atoms with van der Waals surface area (Å²) in [6, 6.07) is 10.7. The summed E-state index contributed by atoms with van der Waals surface area (Å²) in [6.45, 7) is 3.72. The Morgan fingerprint density at radius 1 is 1.18 bits per heavy atom. The largest absolute Gasteiger partial charge is 0.374 e. The number of halogens is 2. The molecule has 0 aliphatic heterocycles. The lowest BCUT2D eigenvalue weighted by atomic mass is 10.0. The summed E-state index contributed by atoms with van der Waals surface area (Å²) in [7, 11) is 0. The van der Waals surface area contributed by atoms with Crippen molar-refractivity contribution < 1.29 is 13.6 Å². The van der Waals surface area contributed by atoms with Crippen LogP contribution in [0.25, 0.3) is 0 Å². The zero-order valence-electron chi connectivity index (χ0n) is 12.5. The van der Waals surface area contributed by atoms with Crippen LogP contribution in [0.15, 0.2) is 42.5 Å². The molecular weight excluding hydrogens is 286 g/mol. The van der Waals surface area contributed by atoms with Gasteiger partial charge >= 0.3 is 0 Å². The van der Waals surface area contributed by atoms with Gasteiger partial charge in [0.15, 0.2) is 0 Å². The molecule has 2 rings (SSSR count). The number of rotatable bonds is 5. The predicted octanol–water partition coefficient (Wildman–Crippen LogP) is 3.56. The zero-order valence-corrected chi connectivity index (χ0v) is 12.5. The number of nitrogens with one attached hydrogen (secondary N) is 2. The Balaban J connectivity index is 1.93. The number of hydrogen-bond donors (Lipinski definition) is 2. The lowest BCUT2D eigenvalue weighted by Gasteiger charge is -2.17. The molecule has 1 amide bonds. The first-order valence-corrected chi connectivity index (χ1v) is 7.01. The number of hydrogen-bond acceptors (Lipinski definition) is 2. The van der Waals surface area contributed by atoms with Crippen molar-refractivity contribution in [2.75, 3.05) is 11.9 Å². The standard InChI is InChI=1S/C17H18F2N2O/c1-11-5-3-4-6-14(11)12(2)21-17(22)10-20-16-9-13(18)7-8-15(16)19/h3-9,12,20H,10H2,1-2H3,(H,21,22)/t12-/m0/s1. The first-order chi connectivity index (χ1) is 10.5. The molecule has 0 unspecified atom stereocenters. The van der Waals surface area contributed by atoms with E-state index in [9.17, 15) is 13.6 Å². The van der Waals surface area contributed by atoms with E-state index in [0.29, 0.717) is 0 Å². The van der Waals surface area contributed by atoms with Gasteiger partial charge in [0.1, 0.15) is 11.6 Å². The average molecular weight is 304 g/mol. The minimum atomic E-state index is -0.596. The van der Waals surface area contributed by atoms with E-state index in [0.717, 1.165) is 29.3 Å². The van der Waals surface area contributed by atoms with Crippen molar-refractivity contribution in [3.8, 4) is 0 Å². The van der Waals surface area contributed by atoms with Crippen LogP contribution >= 0.6 is 0 Å². The fourth-order valence-corrected chi connectivity index (χ4v) is 2.25. The summed E-state index contributed by atoms with van der Waals surface area (Å²) in [5.74, 6) is -1.45. The third-order valence-electron chi connectivity index (χ3n) is 3.40. The maximum atomic E-state index is 13.4. The van der Waals surface area contributed by atoms with E-state index in [-0.39, 0.29) is 24.2 Å². The molecule has 116 valence electrons. The molecule has 2 aromatic carbocycles. The molecule has 0 spiro atoms. The van der Waals surface area contributed by atoms with Crippen LogP contribution < -0.4 is 10.6 Å². The smallest absolute Gasteiger partial charge is 0.239 e. The van der Waals surface area contributed by atoms with Crippen LogP contribution in [0, 0.1) is 18.6 Å². The van der Waals surface area contributed by atoms with Gasteiger partial charge < -0.3 is 10.6 Å². The fraction of sp³-hybridized carbons (Fsp3) is 0.235. The lowest BCUT2D eigenvalue weighted by molar-refractivity contribution is -0.120. The molecule has 0 saturated heterocycles. The molecule has 5 heteroatoms. The van der Waals surface area contributed by atoms with Gasteiger partial charge in [-0.1, -0.05) is 24.3 Å². The van der Waals surface area contributed by atoms with Crippen LogP contribution in [0.5, 0.6) is 0 Å². The highest BCUT2D eigenvalue weighted by molar-refractivity contribution is 5.81. The van der Waals surface area contributed by atoms with E-state index in [2.05, 4.69) is 10.6 Å². The van der Waals surface area contributed by atoms with Gasteiger partial charge in [-0.25, -0.2) is 8.78 Å². The van der Waals surface area contributed by atoms with Crippen molar-refractivity contribution in [1.82, 2.24) is 5.32 Å². The van der Waals surface area contributed by atoms with Crippen LogP contribution in [0.2, 0.25) is 0 Å². The van der Waals surface area contributed by atoms with Crippen LogP contribution in [-0.4, -0.2) is 12.5 Å². The number of anilines is 1. The molecule has 0 heterocycles. The summed E-state index contributed by atoms with van der Waals surface area (Å²) in [6.07, 6.45) is 0. The van der Waals surface area contributed by atoms with E-state index in [1.54, 1.807) is 0 Å². The first-order valence-electron chi connectivity index (χ1n) is 7.01. The predicted molar refractivity (Wildman–Crippen MR) is 82.6 cm³/mol. The summed E-state index contributed by atoms with van der Waals surface area (Å²) in [5.41, 5.74) is 2.07. The normalized spacial score (nSPS) is 11.8. The molecular formula is C17H18F2N2O. The van der Waals surface area contributed by atoms with Crippen LogP contribution in [0.4, 0.5) is 14.5 Å². The molecule has 0 aliphatic rings. The highest BCUT2D eigenvalue weighted by atomic mass is 19.1. The van der Waals surface area contributed by atoms with Gasteiger partial charge in [-0.3, -0.25) is 4.79 Å². The minimum Gasteiger partial charge on any atom is -0.374 e. The number of benzene rings is 2. The van der Waals surface area contributed by atoms with Crippen LogP contribution in [0.1, 0.15) is 24.1 Å². The van der Waals surface area contributed by atoms with Crippen molar-refractivity contribution in [2.24, 2.45) is 0 Å². The molecule has 0 bridgehead atoms. The third-order valence-corrected chi connectivity index (χ3v) is 3.40. The van der Waals surface area contributed by atoms with Gasteiger partial charge in [-0.2, -0.15) is 0 Å².